The summed E-state index contributed by atoms with van der Waals surface area (Å²) in [6.45, 7) is 1.25. The Kier molecular flexibility index (Phi) is 5.57. The van der Waals surface area contributed by atoms with E-state index in [2.05, 4.69) is 32.0 Å². The highest BCUT2D eigenvalue weighted by Gasteiger charge is 2.26. The first-order valence-electron chi connectivity index (χ1n) is 9.95. The normalized spacial score (nSPS) is 15.0. The number of nitrogens with one attached hydrogen (secondary N) is 1. The number of nitrogens with two attached hydrogens (primary N) is 2. The van der Waals surface area contributed by atoms with Crippen molar-refractivity contribution >= 4 is 28.6 Å². The summed E-state index contributed by atoms with van der Waals surface area (Å²) in [5, 5.41) is 0. The van der Waals surface area contributed by atoms with Gasteiger partial charge in [-0.2, -0.15) is 9.97 Å². The molecule has 1 aliphatic carbocycles. The summed E-state index contributed by atoms with van der Waals surface area (Å²) in [5.74, 6) is 1.84. The zero-order valence-electron chi connectivity index (χ0n) is 16.0. The van der Waals surface area contributed by atoms with Crippen molar-refractivity contribution in [3.05, 3.63) is 30.6 Å². The molecule has 8 nitrogen and oxygen atoms in total. The molecule has 0 aliphatic heterocycles. The van der Waals surface area contributed by atoms with E-state index in [0.717, 1.165) is 30.7 Å². The van der Waals surface area contributed by atoms with Gasteiger partial charge in [-0.25, -0.2) is 4.98 Å². The molecule has 1 aliphatic rings. The number of hydrogen-bond acceptors (Lipinski definition) is 7. The first-order chi connectivity index (χ1) is 13.8. The van der Waals surface area contributed by atoms with Crippen LogP contribution >= 0.6 is 0 Å². The lowest BCUT2D eigenvalue weighted by Gasteiger charge is -2.34. The van der Waals surface area contributed by atoms with Gasteiger partial charge < -0.3 is 26.1 Å². The highest BCUT2D eigenvalue weighted by atomic mass is 16.5. The van der Waals surface area contributed by atoms with Crippen LogP contribution < -0.4 is 21.1 Å². The molecule has 2 heterocycles. The van der Waals surface area contributed by atoms with E-state index in [4.69, 9.17) is 21.2 Å². The molecule has 5 N–H and O–H groups in total. The van der Waals surface area contributed by atoms with Gasteiger partial charge in [0.15, 0.2) is 11.5 Å². The lowest BCUT2D eigenvalue weighted by atomic mass is 9.94. The average Bonchev–Trinajstić information content (AvgIpc) is 3.20. The number of fused-ring (bicyclic) bond motifs is 1. The highest BCUT2D eigenvalue weighted by molar-refractivity contribution is 5.83. The molecule has 1 saturated carbocycles. The molecule has 0 saturated heterocycles. The summed E-state index contributed by atoms with van der Waals surface area (Å²) >= 11 is 0. The second kappa shape index (κ2) is 8.43. The molecule has 0 amide bonds. The molecule has 0 radical (unpaired) electrons. The lowest BCUT2D eigenvalue weighted by molar-refractivity contribution is 0.313. The van der Waals surface area contributed by atoms with E-state index in [9.17, 15) is 0 Å². The number of H-pyrrole nitrogens is 1. The standard InChI is InChI=1S/C20H27N7O/c21-11-4-12-28-16-9-7-15(8-10-16)27(14-5-2-1-3-6-14)20-25-18(22)17-19(26-20)24-13-23-17/h7-10,13-14H,1-6,11-12,21H2,(H3,22,23,24,25,26). The molecule has 2 aromatic heterocycles. The Labute approximate surface area is 164 Å². The molecule has 0 bridgehead atoms. The quantitative estimate of drug-likeness (QED) is 0.538. The fourth-order valence-electron chi connectivity index (χ4n) is 3.76. The first kappa shape index (κ1) is 18.5. The van der Waals surface area contributed by atoms with E-state index < -0.39 is 0 Å². The number of imidazole rings is 1. The summed E-state index contributed by atoms with van der Waals surface area (Å²) in [4.78, 5) is 18.7. The Bertz CT molecular complexity index is 903. The smallest absolute Gasteiger partial charge is 0.234 e. The van der Waals surface area contributed by atoms with Gasteiger partial charge in [0, 0.05) is 11.7 Å². The van der Waals surface area contributed by atoms with Crippen molar-refractivity contribution in [2.75, 3.05) is 23.8 Å². The van der Waals surface area contributed by atoms with Crippen molar-refractivity contribution in [1.29, 1.82) is 0 Å². The number of aromatic amines is 1. The van der Waals surface area contributed by atoms with Crippen molar-refractivity contribution in [1.82, 2.24) is 19.9 Å². The summed E-state index contributed by atoms with van der Waals surface area (Å²) in [7, 11) is 0. The number of hydrogen-bond donors (Lipinski definition) is 3. The number of anilines is 3. The maximum Gasteiger partial charge on any atom is 0.234 e. The van der Waals surface area contributed by atoms with Crippen LogP contribution in [0.25, 0.3) is 11.2 Å². The second-order valence-corrected chi connectivity index (χ2v) is 7.16. The maximum absolute atomic E-state index is 6.15. The molecular formula is C20H27N7O. The van der Waals surface area contributed by atoms with Gasteiger partial charge in [-0.15, -0.1) is 0 Å². The summed E-state index contributed by atoms with van der Waals surface area (Å²) in [6, 6.07) is 8.43. The fraction of sp³-hybridized carbons (Fsp3) is 0.450. The van der Waals surface area contributed by atoms with Crippen LogP contribution in [0.15, 0.2) is 30.6 Å². The number of rotatable bonds is 7. The van der Waals surface area contributed by atoms with E-state index in [0.29, 0.717) is 42.1 Å². The molecular weight excluding hydrogens is 354 g/mol. The zero-order chi connectivity index (χ0) is 19.3. The Balaban J connectivity index is 1.66. The summed E-state index contributed by atoms with van der Waals surface area (Å²) in [5.41, 5.74) is 14.0. The average molecular weight is 381 g/mol. The van der Waals surface area contributed by atoms with Gasteiger partial charge in [-0.05, 0) is 50.1 Å². The molecule has 4 rings (SSSR count). The van der Waals surface area contributed by atoms with Gasteiger partial charge >= 0.3 is 0 Å². The highest BCUT2D eigenvalue weighted by Crippen LogP contribution is 2.34. The van der Waals surface area contributed by atoms with E-state index in [1.54, 1.807) is 6.33 Å². The summed E-state index contributed by atoms with van der Waals surface area (Å²) in [6.07, 6.45) is 8.36. The number of benzene rings is 1. The largest absolute Gasteiger partial charge is 0.494 e. The van der Waals surface area contributed by atoms with E-state index in [1.165, 1.54) is 19.3 Å². The van der Waals surface area contributed by atoms with Crippen LogP contribution in [-0.4, -0.2) is 39.1 Å². The molecule has 0 spiro atoms. The van der Waals surface area contributed by atoms with Gasteiger partial charge in [0.05, 0.1) is 12.9 Å². The van der Waals surface area contributed by atoms with Gasteiger partial charge in [0.25, 0.3) is 0 Å². The van der Waals surface area contributed by atoms with Crippen LogP contribution in [0.3, 0.4) is 0 Å². The third kappa shape index (κ3) is 3.87. The Morgan fingerprint density at radius 2 is 1.89 bits per heavy atom. The van der Waals surface area contributed by atoms with Crippen LogP contribution in [0.4, 0.5) is 17.5 Å². The second-order valence-electron chi connectivity index (χ2n) is 7.16. The van der Waals surface area contributed by atoms with Crippen LogP contribution in [0.5, 0.6) is 5.75 Å². The predicted molar refractivity (Wildman–Crippen MR) is 111 cm³/mol. The van der Waals surface area contributed by atoms with E-state index in [-0.39, 0.29) is 0 Å². The SMILES string of the molecule is NCCCOc1ccc(N(c2nc(N)c3nc[nH]c3n2)C2CCCCC2)cc1. The predicted octanol–water partition coefficient (Wildman–Crippen LogP) is 3.13. The number of nitrogens with zero attached hydrogens (tertiary/aromatic N) is 4. The third-order valence-corrected chi connectivity index (χ3v) is 5.18. The minimum Gasteiger partial charge on any atom is -0.494 e. The molecule has 3 aromatic rings. The Morgan fingerprint density at radius 1 is 1.11 bits per heavy atom. The van der Waals surface area contributed by atoms with Crippen molar-refractivity contribution in [3.8, 4) is 5.75 Å². The van der Waals surface area contributed by atoms with Crippen LogP contribution in [0.1, 0.15) is 38.5 Å². The van der Waals surface area contributed by atoms with Crippen LogP contribution in [0.2, 0.25) is 0 Å². The van der Waals surface area contributed by atoms with Crippen LogP contribution in [-0.2, 0) is 0 Å². The zero-order valence-corrected chi connectivity index (χ0v) is 16.0. The minimum atomic E-state index is 0.345. The molecule has 28 heavy (non-hydrogen) atoms. The number of aromatic nitrogens is 4. The van der Waals surface area contributed by atoms with Gasteiger partial charge in [-0.3, -0.25) is 0 Å². The Hall–Kier alpha value is -2.87. The minimum absolute atomic E-state index is 0.345. The fourth-order valence-corrected chi connectivity index (χ4v) is 3.76. The number of ether oxygens (including phenoxy) is 1. The third-order valence-electron chi connectivity index (χ3n) is 5.18. The van der Waals surface area contributed by atoms with Crippen molar-refractivity contribution < 1.29 is 4.74 Å². The van der Waals surface area contributed by atoms with Crippen LogP contribution in [0, 0.1) is 0 Å². The molecule has 0 atom stereocenters. The van der Waals surface area contributed by atoms with Crippen molar-refractivity contribution in [2.45, 2.75) is 44.6 Å². The summed E-state index contributed by atoms with van der Waals surface area (Å²) < 4.78 is 5.74. The first-order valence-corrected chi connectivity index (χ1v) is 9.95. The van der Waals surface area contributed by atoms with E-state index >= 15 is 0 Å². The number of nitrogen functional groups attached to an aromatic ring is 1. The maximum atomic E-state index is 6.15. The molecule has 0 unspecified atom stereocenters. The van der Waals surface area contributed by atoms with Gasteiger partial charge in [-0.1, -0.05) is 19.3 Å². The van der Waals surface area contributed by atoms with Gasteiger partial charge in [0.1, 0.15) is 11.3 Å². The monoisotopic (exact) mass is 381 g/mol. The van der Waals surface area contributed by atoms with E-state index in [1.807, 2.05) is 12.1 Å². The lowest BCUT2D eigenvalue weighted by Crippen LogP contribution is -2.34. The Morgan fingerprint density at radius 3 is 2.64 bits per heavy atom. The van der Waals surface area contributed by atoms with Crippen molar-refractivity contribution in [2.24, 2.45) is 5.73 Å². The topological polar surface area (TPSA) is 119 Å². The molecule has 1 fully saturated rings. The van der Waals surface area contributed by atoms with Crippen molar-refractivity contribution in [3.63, 3.8) is 0 Å². The molecule has 148 valence electrons. The van der Waals surface area contributed by atoms with Gasteiger partial charge in [0.2, 0.25) is 5.95 Å². The molecule has 8 heteroatoms. The molecule has 1 aromatic carbocycles.